The molecule has 5 heteroatoms. The van der Waals surface area contributed by atoms with E-state index in [1.165, 1.54) is 0 Å². The van der Waals surface area contributed by atoms with Crippen LogP contribution in [-0.2, 0) is 11.3 Å². The Hall–Kier alpha value is -1.59. The third kappa shape index (κ3) is 2.19. The SMILES string of the molecule is Nc1nc2ccccc2n1CC[NH+]1CCOCC1. The number of fused-ring (bicyclic) bond motifs is 1. The van der Waals surface area contributed by atoms with E-state index in [2.05, 4.69) is 15.6 Å². The van der Waals surface area contributed by atoms with Crippen molar-refractivity contribution in [1.82, 2.24) is 9.55 Å². The van der Waals surface area contributed by atoms with E-state index < -0.39 is 0 Å². The molecule has 3 rings (SSSR count). The summed E-state index contributed by atoms with van der Waals surface area (Å²) < 4.78 is 7.47. The van der Waals surface area contributed by atoms with E-state index in [4.69, 9.17) is 10.5 Å². The highest BCUT2D eigenvalue weighted by Gasteiger charge is 2.15. The molecule has 1 fully saturated rings. The molecule has 1 aromatic heterocycles. The summed E-state index contributed by atoms with van der Waals surface area (Å²) in [5, 5.41) is 0. The van der Waals surface area contributed by atoms with E-state index in [1.54, 1.807) is 4.90 Å². The minimum absolute atomic E-state index is 0.615. The Balaban J connectivity index is 1.75. The predicted octanol–water partition coefficient (Wildman–Crippen LogP) is -0.466. The van der Waals surface area contributed by atoms with Gasteiger partial charge in [0.05, 0.1) is 37.3 Å². The number of hydrogen-bond donors (Lipinski definition) is 2. The van der Waals surface area contributed by atoms with Crippen LogP contribution in [0.5, 0.6) is 0 Å². The number of nitrogens with two attached hydrogens (primary N) is 1. The fourth-order valence-corrected chi connectivity index (χ4v) is 2.51. The standard InChI is InChI=1S/C13H18N4O/c14-13-15-11-3-1-2-4-12(11)17(13)6-5-16-7-9-18-10-8-16/h1-4H,5-10H2,(H2,14,15)/p+1. The number of nitrogen functional groups attached to an aromatic ring is 1. The molecule has 0 saturated carbocycles. The summed E-state index contributed by atoms with van der Waals surface area (Å²) >= 11 is 0. The molecule has 0 bridgehead atoms. The molecule has 0 radical (unpaired) electrons. The van der Waals surface area contributed by atoms with Gasteiger partial charge in [-0.3, -0.25) is 0 Å². The minimum atomic E-state index is 0.615. The van der Waals surface area contributed by atoms with Crippen molar-refractivity contribution < 1.29 is 9.64 Å². The second-order valence-electron chi connectivity index (χ2n) is 4.72. The van der Waals surface area contributed by atoms with Crippen molar-refractivity contribution in [3.05, 3.63) is 24.3 Å². The Labute approximate surface area is 106 Å². The Morgan fingerprint density at radius 1 is 1.28 bits per heavy atom. The molecule has 0 spiro atoms. The number of morpholine rings is 1. The van der Waals surface area contributed by atoms with Gasteiger partial charge in [0.1, 0.15) is 13.1 Å². The average molecular weight is 247 g/mol. The number of aromatic nitrogens is 2. The lowest BCUT2D eigenvalue weighted by atomic mass is 10.3. The maximum absolute atomic E-state index is 5.99. The highest BCUT2D eigenvalue weighted by Crippen LogP contribution is 2.16. The van der Waals surface area contributed by atoms with Crippen molar-refractivity contribution in [1.29, 1.82) is 0 Å². The summed E-state index contributed by atoms with van der Waals surface area (Å²) in [5.74, 6) is 0.615. The first-order valence-corrected chi connectivity index (χ1v) is 6.46. The van der Waals surface area contributed by atoms with Crippen LogP contribution >= 0.6 is 0 Å². The molecule has 0 atom stereocenters. The van der Waals surface area contributed by atoms with Gasteiger partial charge >= 0.3 is 0 Å². The second-order valence-corrected chi connectivity index (χ2v) is 4.72. The third-order valence-corrected chi connectivity index (χ3v) is 3.57. The summed E-state index contributed by atoms with van der Waals surface area (Å²) in [6.45, 7) is 5.92. The number of para-hydroxylation sites is 2. The van der Waals surface area contributed by atoms with E-state index in [0.29, 0.717) is 5.95 Å². The fourth-order valence-electron chi connectivity index (χ4n) is 2.51. The first-order chi connectivity index (χ1) is 8.84. The zero-order valence-corrected chi connectivity index (χ0v) is 10.4. The molecule has 2 aromatic rings. The Bertz CT molecular complexity index is 531. The molecule has 1 aliphatic heterocycles. The molecule has 96 valence electrons. The lowest BCUT2D eigenvalue weighted by molar-refractivity contribution is -0.908. The van der Waals surface area contributed by atoms with Crippen LogP contribution in [0.4, 0.5) is 5.95 Å². The van der Waals surface area contributed by atoms with Crippen LogP contribution in [0.2, 0.25) is 0 Å². The summed E-state index contributed by atoms with van der Waals surface area (Å²) in [7, 11) is 0. The lowest BCUT2D eigenvalue weighted by Gasteiger charge is -2.24. The summed E-state index contributed by atoms with van der Waals surface area (Å²) in [5.41, 5.74) is 8.09. The van der Waals surface area contributed by atoms with Crippen LogP contribution in [0, 0.1) is 0 Å². The zero-order chi connectivity index (χ0) is 12.4. The summed E-state index contributed by atoms with van der Waals surface area (Å²) in [4.78, 5) is 5.97. The van der Waals surface area contributed by atoms with Gasteiger partial charge < -0.3 is 19.9 Å². The van der Waals surface area contributed by atoms with Crippen molar-refractivity contribution in [3.63, 3.8) is 0 Å². The normalized spacial score (nSPS) is 17.3. The molecular formula is C13H19N4O+. The van der Waals surface area contributed by atoms with E-state index in [9.17, 15) is 0 Å². The molecule has 0 amide bonds. The number of quaternary nitrogens is 1. The molecule has 0 aliphatic carbocycles. The van der Waals surface area contributed by atoms with Crippen molar-refractivity contribution in [2.45, 2.75) is 6.54 Å². The van der Waals surface area contributed by atoms with Gasteiger partial charge in [0.15, 0.2) is 0 Å². The van der Waals surface area contributed by atoms with Gasteiger partial charge in [0.2, 0.25) is 5.95 Å². The molecule has 3 N–H and O–H groups in total. The molecule has 5 nitrogen and oxygen atoms in total. The Morgan fingerprint density at radius 3 is 2.89 bits per heavy atom. The van der Waals surface area contributed by atoms with Gasteiger partial charge in [-0.1, -0.05) is 12.1 Å². The topological polar surface area (TPSA) is 57.5 Å². The largest absolute Gasteiger partial charge is 0.370 e. The van der Waals surface area contributed by atoms with Crippen LogP contribution in [0.15, 0.2) is 24.3 Å². The monoisotopic (exact) mass is 247 g/mol. The number of nitrogens with zero attached hydrogens (tertiary/aromatic N) is 2. The van der Waals surface area contributed by atoms with E-state index in [1.807, 2.05) is 18.2 Å². The Morgan fingerprint density at radius 2 is 2.06 bits per heavy atom. The quantitative estimate of drug-likeness (QED) is 0.771. The smallest absolute Gasteiger partial charge is 0.201 e. The third-order valence-electron chi connectivity index (χ3n) is 3.57. The number of ether oxygens (including phenoxy) is 1. The Kier molecular flexibility index (Phi) is 3.17. The van der Waals surface area contributed by atoms with Gasteiger partial charge in [0.25, 0.3) is 0 Å². The summed E-state index contributed by atoms with van der Waals surface area (Å²) in [6, 6.07) is 8.10. The first kappa shape index (κ1) is 11.5. The predicted molar refractivity (Wildman–Crippen MR) is 70.5 cm³/mol. The highest BCUT2D eigenvalue weighted by molar-refractivity contribution is 5.78. The van der Waals surface area contributed by atoms with Crippen LogP contribution in [0.1, 0.15) is 0 Å². The van der Waals surface area contributed by atoms with E-state index in [0.717, 1.165) is 50.4 Å². The molecule has 1 saturated heterocycles. The molecule has 18 heavy (non-hydrogen) atoms. The van der Waals surface area contributed by atoms with E-state index >= 15 is 0 Å². The number of nitrogens with one attached hydrogen (secondary N) is 1. The molecule has 2 heterocycles. The van der Waals surface area contributed by atoms with Crippen molar-refractivity contribution in [2.75, 3.05) is 38.6 Å². The number of anilines is 1. The van der Waals surface area contributed by atoms with Gasteiger partial charge in [0, 0.05) is 0 Å². The van der Waals surface area contributed by atoms with Crippen molar-refractivity contribution in [3.8, 4) is 0 Å². The highest BCUT2D eigenvalue weighted by atomic mass is 16.5. The first-order valence-electron chi connectivity index (χ1n) is 6.46. The van der Waals surface area contributed by atoms with E-state index in [-0.39, 0.29) is 0 Å². The number of imidazole rings is 1. The summed E-state index contributed by atoms with van der Waals surface area (Å²) in [6.07, 6.45) is 0. The molecule has 1 aromatic carbocycles. The van der Waals surface area contributed by atoms with Crippen molar-refractivity contribution >= 4 is 17.0 Å². The van der Waals surface area contributed by atoms with Crippen LogP contribution < -0.4 is 10.6 Å². The van der Waals surface area contributed by atoms with Gasteiger partial charge in [-0.05, 0) is 12.1 Å². The maximum atomic E-state index is 5.99. The van der Waals surface area contributed by atoms with Gasteiger partial charge in [-0.2, -0.15) is 0 Å². The second kappa shape index (κ2) is 4.96. The fraction of sp³-hybridized carbons (Fsp3) is 0.462. The van der Waals surface area contributed by atoms with Crippen molar-refractivity contribution in [2.24, 2.45) is 0 Å². The number of rotatable bonds is 3. The van der Waals surface area contributed by atoms with Crippen LogP contribution in [0.3, 0.4) is 0 Å². The lowest BCUT2D eigenvalue weighted by Crippen LogP contribution is -3.14. The molecule has 1 aliphatic rings. The number of hydrogen-bond acceptors (Lipinski definition) is 3. The van der Waals surface area contributed by atoms with Crippen LogP contribution in [-0.4, -0.2) is 42.4 Å². The van der Waals surface area contributed by atoms with Crippen LogP contribution in [0.25, 0.3) is 11.0 Å². The van der Waals surface area contributed by atoms with Gasteiger partial charge in [-0.15, -0.1) is 0 Å². The zero-order valence-electron chi connectivity index (χ0n) is 10.4. The maximum Gasteiger partial charge on any atom is 0.201 e. The number of benzene rings is 1. The molecule has 0 unspecified atom stereocenters. The average Bonchev–Trinajstić information content (AvgIpc) is 2.73. The minimum Gasteiger partial charge on any atom is -0.370 e. The van der Waals surface area contributed by atoms with Gasteiger partial charge in [-0.25, -0.2) is 4.98 Å². The molecular weight excluding hydrogens is 228 g/mol.